The lowest BCUT2D eigenvalue weighted by Gasteiger charge is -2.48. The Bertz CT molecular complexity index is 295. The highest BCUT2D eigenvalue weighted by atomic mass is 16.4. The first-order chi connectivity index (χ1) is 6.92. The zero-order chi connectivity index (χ0) is 11.3. The van der Waals surface area contributed by atoms with Crippen molar-refractivity contribution in [3.63, 3.8) is 0 Å². The molecule has 1 N–H and O–H groups in total. The van der Waals surface area contributed by atoms with Crippen LogP contribution in [0.15, 0.2) is 5.16 Å². The fraction of sp³-hybridized carbons (Fsp3) is 0.923. The van der Waals surface area contributed by atoms with Crippen molar-refractivity contribution in [2.75, 3.05) is 0 Å². The Morgan fingerprint density at radius 1 is 1.27 bits per heavy atom. The van der Waals surface area contributed by atoms with Crippen molar-refractivity contribution in [2.45, 2.75) is 53.4 Å². The second-order valence-electron chi connectivity index (χ2n) is 6.48. The molecule has 2 heteroatoms. The standard InChI is InChI=1S/C13H23NO/c1-9-8-10(14-15)11-12(2,3)6-5-7-13(9,11)4/h9,11,15H,5-8H2,1-4H3/b14-10+/t9-,11+,13+/m1/s1. The largest absolute Gasteiger partial charge is 0.411 e. The van der Waals surface area contributed by atoms with E-state index in [9.17, 15) is 0 Å². The number of nitrogens with zero attached hydrogens (tertiary/aromatic N) is 1. The molecule has 2 saturated carbocycles. The van der Waals surface area contributed by atoms with E-state index < -0.39 is 0 Å². The number of hydrogen-bond acceptors (Lipinski definition) is 2. The van der Waals surface area contributed by atoms with Gasteiger partial charge in [-0.25, -0.2) is 0 Å². The molecule has 2 fully saturated rings. The lowest BCUT2D eigenvalue weighted by molar-refractivity contribution is 0.0297. The van der Waals surface area contributed by atoms with Crippen molar-refractivity contribution < 1.29 is 5.21 Å². The molecule has 0 saturated heterocycles. The summed E-state index contributed by atoms with van der Waals surface area (Å²) in [5.41, 5.74) is 1.72. The summed E-state index contributed by atoms with van der Waals surface area (Å²) in [6.07, 6.45) is 4.87. The third kappa shape index (κ3) is 1.41. The molecule has 2 aliphatic carbocycles. The summed E-state index contributed by atoms with van der Waals surface area (Å²) in [5, 5.41) is 12.7. The van der Waals surface area contributed by atoms with Crippen LogP contribution in [0.4, 0.5) is 0 Å². The van der Waals surface area contributed by atoms with Gasteiger partial charge in [0.15, 0.2) is 0 Å². The predicted molar refractivity (Wildman–Crippen MR) is 62.2 cm³/mol. The average Bonchev–Trinajstić information content (AvgIpc) is 2.39. The Hall–Kier alpha value is -0.530. The second-order valence-corrected chi connectivity index (χ2v) is 6.48. The first-order valence-electron chi connectivity index (χ1n) is 6.12. The minimum atomic E-state index is 0.305. The maximum atomic E-state index is 9.16. The lowest BCUT2D eigenvalue weighted by Crippen LogP contribution is -2.43. The fourth-order valence-electron chi connectivity index (χ4n) is 4.23. The van der Waals surface area contributed by atoms with Crippen molar-refractivity contribution in [3.05, 3.63) is 0 Å². The quantitative estimate of drug-likeness (QED) is 0.479. The summed E-state index contributed by atoms with van der Waals surface area (Å²) < 4.78 is 0. The fourth-order valence-corrected chi connectivity index (χ4v) is 4.23. The molecule has 0 spiro atoms. The van der Waals surface area contributed by atoms with Gasteiger partial charge in [0.2, 0.25) is 0 Å². The molecule has 0 amide bonds. The van der Waals surface area contributed by atoms with Crippen molar-refractivity contribution >= 4 is 5.71 Å². The molecule has 0 aliphatic heterocycles. The van der Waals surface area contributed by atoms with Crippen LogP contribution in [0.2, 0.25) is 0 Å². The van der Waals surface area contributed by atoms with E-state index in [1.54, 1.807) is 0 Å². The highest BCUT2D eigenvalue weighted by molar-refractivity contribution is 5.90. The summed E-state index contributed by atoms with van der Waals surface area (Å²) in [7, 11) is 0. The molecule has 0 bridgehead atoms. The summed E-state index contributed by atoms with van der Waals surface area (Å²) in [4.78, 5) is 0. The molecule has 0 aromatic carbocycles. The second kappa shape index (κ2) is 3.23. The Labute approximate surface area is 92.8 Å². The van der Waals surface area contributed by atoms with E-state index in [1.807, 2.05) is 0 Å². The maximum absolute atomic E-state index is 9.16. The predicted octanol–water partition coefficient (Wildman–Crippen LogP) is 3.69. The van der Waals surface area contributed by atoms with E-state index in [1.165, 1.54) is 19.3 Å². The van der Waals surface area contributed by atoms with Gasteiger partial charge in [0.05, 0.1) is 5.71 Å². The van der Waals surface area contributed by atoms with Crippen LogP contribution in [-0.4, -0.2) is 10.9 Å². The third-order valence-corrected chi connectivity index (χ3v) is 5.08. The molecular weight excluding hydrogens is 186 g/mol. The SMILES string of the molecule is C[C@@H]1C/C(=N\O)[C@H]2C(C)(C)CCC[C@@]12C. The van der Waals surface area contributed by atoms with Gasteiger partial charge < -0.3 is 5.21 Å². The topological polar surface area (TPSA) is 32.6 Å². The van der Waals surface area contributed by atoms with Gasteiger partial charge in [-0.3, -0.25) is 0 Å². The number of fused-ring (bicyclic) bond motifs is 1. The van der Waals surface area contributed by atoms with Crippen molar-refractivity contribution in [2.24, 2.45) is 27.8 Å². The average molecular weight is 209 g/mol. The Kier molecular flexibility index (Phi) is 2.36. The van der Waals surface area contributed by atoms with Gasteiger partial charge in [0, 0.05) is 5.92 Å². The molecular formula is C13H23NO. The Balaban J connectivity index is 2.43. The summed E-state index contributed by atoms with van der Waals surface area (Å²) >= 11 is 0. The molecule has 3 atom stereocenters. The highest BCUT2D eigenvalue weighted by Gasteiger charge is 2.56. The van der Waals surface area contributed by atoms with Crippen LogP contribution in [0.1, 0.15) is 53.4 Å². The normalized spacial score (nSPS) is 46.8. The lowest BCUT2D eigenvalue weighted by atomic mass is 9.56. The smallest absolute Gasteiger partial charge is 0.0615 e. The molecule has 2 rings (SSSR count). The van der Waals surface area contributed by atoms with Crippen LogP contribution in [0.3, 0.4) is 0 Å². The van der Waals surface area contributed by atoms with E-state index in [0.29, 0.717) is 22.7 Å². The van der Waals surface area contributed by atoms with Crippen LogP contribution in [0.5, 0.6) is 0 Å². The summed E-state index contributed by atoms with van der Waals surface area (Å²) in [6.45, 7) is 9.37. The maximum Gasteiger partial charge on any atom is 0.0615 e. The van der Waals surface area contributed by atoms with Crippen LogP contribution < -0.4 is 0 Å². The van der Waals surface area contributed by atoms with Gasteiger partial charge in [0.1, 0.15) is 0 Å². The van der Waals surface area contributed by atoms with Gasteiger partial charge in [-0.1, -0.05) is 39.3 Å². The van der Waals surface area contributed by atoms with Crippen LogP contribution in [0.25, 0.3) is 0 Å². The monoisotopic (exact) mass is 209 g/mol. The third-order valence-electron chi connectivity index (χ3n) is 5.08. The van der Waals surface area contributed by atoms with Crippen molar-refractivity contribution in [1.29, 1.82) is 0 Å². The molecule has 2 nitrogen and oxygen atoms in total. The summed E-state index contributed by atoms with van der Waals surface area (Å²) in [6, 6.07) is 0. The van der Waals surface area contributed by atoms with Crippen LogP contribution in [-0.2, 0) is 0 Å². The minimum Gasteiger partial charge on any atom is -0.411 e. The summed E-state index contributed by atoms with van der Waals surface area (Å²) in [5.74, 6) is 1.15. The van der Waals surface area contributed by atoms with Gasteiger partial charge in [-0.2, -0.15) is 0 Å². The van der Waals surface area contributed by atoms with E-state index in [2.05, 4.69) is 32.9 Å². The van der Waals surface area contributed by atoms with Gasteiger partial charge in [0.25, 0.3) is 0 Å². The Morgan fingerprint density at radius 2 is 1.93 bits per heavy atom. The van der Waals surface area contributed by atoms with Gasteiger partial charge in [-0.05, 0) is 36.0 Å². The van der Waals surface area contributed by atoms with E-state index >= 15 is 0 Å². The number of oxime groups is 1. The van der Waals surface area contributed by atoms with Crippen molar-refractivity contribution in [3.8, 4) is 0 Å². The first-order valence-corrected chi connectivity index (χ1v) is 6.12. The molecule has 2 aliphatic rings. The molecule has 86 valence electrons. The number of rotatable bonds is 0. The molecule has 0 unspecified atom stereocenters. The van der Waals surface area contributed by atoms with E-state index in [0.717, 1.165) is 12.1 Å². The first kappa shape index (κ1) is 11.0. The molecule has 0 heterocycles. The molecule has 0 radical (unpaired) electrons. The number of hydrogen-bond donors (Lipinski definition) is 1. The zero-order valence-corrected chi connectivity index (χ0v) is 10.4. The minimum absolute atomic E-state index is 0.305. The molecule has 0 aromatic rings. The highest BCUT2D eigenvalue weighted by Crippen LogP contribution is 2.60. The van der Waals surface area contributed by atoms with Gasteiger partial charge >= 0.3 is 0 Å². The van der Waals surface area contributed by atoms with Crippen LogP contribution in [0, 0.1) is 22.7 Å². The molecule has 15 heavy (non-hydrogen) atoms. The van der Waals surface area contributed by atoms with E-state index in [-0.39, 0.29) is 0 Å². The van der Waals surface area contributed by atoms with Crippen molar-refractivity contribution in [1.82, 2.24) is 0 Å². The molecule has 0 aromatic heterocycles. The zero-order valence-electron chi connectivity index (χ0n) is 10.4. The Morgan fingerprint density at radius 3 is 2.53 bits per heavy atom. The van der Waals surface area contributed by atoms with Gasteiger partial charge in [-0.15, -0.1) is 0 Å². The van der Waals surface area contributed by atoms with E-state index in [4.69, 9.17) is 5.21 Å². The van der Waals surface area contributed by atoms with Crippen LogP contribution >= 0.6 is 0 Å².